The zero-order valence-corrected chi connectivity index (χ0v) is 12.1. The third-order valence-corrected chi connectivity index (χ3v) is 3.75. The predicted octanol–water partition coefficient (Wildman–Crippen LogP) is 4.17. The number of nitrogens with two attached hydrogens (primary N) is 2. The van der Waals surface area contributed by atoms with E-state index >= 15 is 0 Å². The van der Waals surface area contributed by atoms with E-state index in [1.54, 1.807) is 18.2 Å². The Morgan fingerprint density at radius 1 is 1.05 bits per heavy atom. The zero-order valence-electron chi connectivity index (χ0n) is 11.3. The van der Waals surface area contributed by atoms with E-state index in [0.717, 1.165) is 16.3 Å². The third kappa shape index (κ3) is 2.28. The van der Waals surface area contributed by atoms with Crippen molar-refractivity contribution in [3.05, 3.63) is 52.8 Å². The van der Waals surface area contributed by atoms with E-state index in [2.05, 4.69) is 4.98 Å². The molecule has 21 heavy (non-hydrogen) atoms. The molecule has 0 fully saturated rings. The highest BCUT2D eigenvalue weighted by Gasteiger charge is 2.12. The Hall–Kier alpha value is -2.33. The van der Waals surface area contributed by atoms with Crippen LogP contribution < -0.4 is 11.5 Å². The van der Waals surface area contributed by atoms with Crippen molar-refractivity contribution in [1.82, 2.24) is 4.98 Å². The summed E-state index contributed by atoms with van der Waals surface area (Å²) < 4.78 is 14.1. The molecule has 0 aliphatic carbocycles. The van der Waals surface area contributed by atoms with Crippen molar-refractivity contribution in [3.63, 3.8) is 0 Å². The highest BCUT2D eigenvalue weighted by Crippen LogP contribution is 2.32. The van der Waals surface area contributed by atoms with Gasteiger partial charge in [0, 0.05) is 27.0 Å². The van der Waals surface area contributed by atoms with Crippen LogP contribution in [0.15, 0.2) is 36.4 Å². The van der Waals surface area contributed by atoms with Crippen LogP contribution in [-0.2, 0) is 0 Å². The number of hydrogen-bond donors (Lipinski definition) is 2. The molecule has 0 aliphatic rings. The van der Waals surface area contributed by atoms with E-state index in [1.165, 1.54) is 6.07 Å². The van der Waals surface area contributed by atoms with Gasteiger partial charge < -0.3 is 11.5 Å². The van der Waals surface area contributed by atoms with Crippen LogP contribution in [0.1, 0.15) is 5.56 Å². The van der Waals surface area contributed by atoms with Crippen LogP contribution in [0.5, 0.6) is 0 Å². The average molecular weight is 302 g/mol. The van der Waals surface area contributed by atoms with Crippen LogP contribution in [0, 0.1) is 12.7 Å². The number of halogens is 2. The summed E-state index contributed by atoms with van der Waals surface area (Å²) >= 11 is 5.77. The van der Waals surface area contributed by atoms with E-state index in [-0.39, 0.29) is 0 Å². The van der Waals surface area contributed by atoms with E-state index in [0.29, 0.717) is 27.8 Å². The molecule has 0 atom stereocenters. The number of fused-ring (bicyclic) bond motifs is 1. The number of aromatic nitrogens is 1. The first-order valence-electron chi connectivity index (χ1n) is 6.38. The molecule has 0 bridgehead atoms. The lowest BCUT2D eigenvalue weighted by molar-refractivity contribution is 0.631. The maximum absolute atomic E-state index is 14.1. The number of anilines is 2. The Morgan fingerprint density at radius 2 is 1.81 bits per heavy atom. The van der Waals surface area contributed by atoms with Crippen molar-refractivity contribution in [1.29, 1.82) is 0 Å². The highest BCUT2D eigenvalue weighted by molar-refractivity contribution is 6.30. The second-order valence-electron chi connectivity index (χ2n) is 4.91. The van der Waals surface area contributed by atoms with Gasteiger partial charge in [-0.2, -0.15) is 0 Å². The standard InChI is InChI=1S/C16H13ClFN3/c1-8-2-4-10-12(15(8)19)7-14(21-16(10)20)11-5-3-9(17)6-13(11)18/h2-7H,19H2,1H3,(H2,20,21). The minimum Gasteiger partial charge on any atom is -0.398 e. The monoisotopic (exact) mass is 301 g/mol. The lowest BCUT2D eigenvalue weighted by atomic mass is 10.0. The molecule has 3 rings (SSSR count). The number of rotatable bonds is 1. The van der Waals surface area contributed by atoms with Crippen molar-refractivity contribution in [2.24, 2.45) is 0 Å². The number of pyridine rings is 1. The van der Waals surface area contributed by atoms with Gasteiger partial charge in [-0.15, -0.1) is 0 Å². The number of nitrogens with zero attached hydrogens (tertiary/aromatic N) is 1. The summed E-state index contributed by atoms with van der Waals surface area (Å²) in [6.45, 7) is 1.91. The molecule has 3 aromatic rings. The maximum Gasteiger partial charge on any atom is 0.134 e. The Balaban J connectivity index is 2.31. The minimum atomic E-state index is -0.444. The van der Waals surface area contributed by atoms with E-state index < -0.39 is 5.82 Å². The molecule has 4 N–H and O–H groups in total. The molecule has 2 aromatic carbocycles. The lowest BCUT2D eigenvalue weighted by Gasteiger charge is -2.11. The van der Waals surface area contributed by atoms with Crippen LogP contribution in [0.3, 0.4) is 0 Å². The molecule has 0 unspecified atom stereocenters. The number of benzene rings is 2. The third-order valence-electron chi connectivity index (χ3n) is 3.51. The van der Waals surface area contributed by atoms with Gasteiger partial charge in [0.25, 0.3) is 0 Å². The fourth-order valence-electron chi connectivity index (χ4n) is 2.32. The first-order chi connectivity index (χ1) is 9.97. The van der Waals surface area contributed by atoms with Crippen LogP contribution in [0.2, 0.25) is 5.02 Å². The topological polar surface area (TPSA) is 64.9 Å². The van der Waals surface area contributed by atoms with Crippen LogP contribution in [-0.4, -0.2) is 4.98 Å². The maximum atomic E-state index is 14.1. The molecule has 0 radical (unpaired) electrons. The molecule has 1 heterocycles. The van der Waals surface area contributed by atoms with Gasteiger partial charge in [-0.05, 0) is 36.8 Å². The van der Waals surface area contributed by atoms with Gasteiger partial charge in [0.05, 0.1) is 5.69 Å². The van der Waals surface area contributed by atoms with Crippen molar-refractivity contribution in [2.45, 2.75) is 6.92 Å². The van der Waals surface area contributed by atoms with Gasteiger partial charge in [0.1, 0.15) is 11.6 Å². The van der Waals surface area contributed by atoms with E-state index in [1.807, 2.05) is 19.1 Å². The quantitative estimate of drug-likeness (QED) is 0.663. The Bertz CT molecular complexity index is 862. The fourth-order valence-corrected chi connectivity index (χ4v) is 2.48. The van der Waals surface area contributed by atoms with Crippen molar-refractivity contribution in [2.75, 3.05) is 11.5 Å². The summed E-state index contributed by atoms with van der Waals surface area (Å²) in [6, 6.07) is 9.95. The van der Waals surface area contributed by atoms with Crippen molar-refractivity contribution in [3.8, 4) is 11.3 Å². The molecule has 3 nitrogen and oxygen atoms in total. The summed E-state index contributed by atoms with van der Waals surface area (Å²) in [5, 5.41) is 1.86. The normalized spacial score (nSPS) is 11.0. The summed E-state index contributed by atoms with van der Waals surface area (Å²) in [4.78, 5) is 4.27. The largest absolute Gasteiger partial charge is 0.398 e. The van der Waals surface area contributed by atoms with Crippen LogP contribution >= 0.6 is 11.6 Å². The molecule has 0 aliphatic heterocycles. The second kappa shape index (κ2) is 4.90. The predicted molar refractivity (Wildman–Crippen MR) is 85.7 cm³/mol. The van der Waals surface area contributed by atoms with Gasteiger partial charge in [-0.3, -0.25) is 0 Å². The highest BCUT2D eigenvalue weighted by atomic mass is 35.5. The van der Waals surface area contributed by atoms with E-state index in [9.17, 15) is 4.39 Å². The first kappa shape index (κ1) is 13.6. The van der Waals surface area contributed by atoms with Gasteiger partial charge in [-0.25, -0.2) is 9.37 Å². The van der Waals surface area contributed by atoms with Gasteiger partial charge in [0.15, 0.2) is 0 Å². The zero-order chi connectivity index (χ0) is 15.1. The molecule has 5 heteroatoms. The summed E-state index contributed by atoms with van der Waals surface area (Å²) in [6.07, 6.45) is 0. The molecule has 0 saturated carbocycles. The summed E-state index contributed by atoms with van der Waals surface area (Å²) in [7, 11) is 0. The average Bonchev–Trinajstić information content (AvgIpc) is 2.43. The van der Waals surface area contributed by atoms with Gasteiger partial charge in [-0.1, -0.05) is 23.7 Å². The Labute approximate surface area is 126 Å². The smallest absolute Gasteiger partial charge is 0.134 e. The van der Waals surface area contributed by atoms with Crippen molar-refractivity contribution < 1.29 is 4.39 Å². The number of nitrogen functional groups attached to an aromatic ring is 2. The minimum absolute atomic E-state index is 0.323. The lowest BCUT2D eigenvalue weighted by Crippen LogP contribution is -1.99. The molecule has 106 valence electrons. The number of hydrogen-bond acceptors (Lipinski definition) is 3. The second-order valence-corrected chi connectivity index (χ2v) is 5.34. The summed E-state index contributed by atoms with van der Waals surface area (Å²) in [5.41, 5.74) is 14.4. The Kier molecular flexibility index (Phi) is 3.18. The molecular formula is C16H13ClFN3. The summed E-state index contributed by atoms with van der Waals surface area (Å²) in [5.74, 6) is -0.122. The Morgan fingerprint density at radius 3 is 2.52 bits per heavy atom. The molecular weight excluding hydrogens is 289 g/mol. The van der Waals surface area contributed by atoms with Gasteiger partial charge >= 0.3 is 0 Å². The number of aryl methyl sites for hydroxylation is 1. The van der Waals surface area contributed by atoms with Crippen LogP contribution in [0.25, 0.3) is 22.0 Å². The molecule has 0 spiro atoms. The SMILES string of the molecule is Cc1ccc2c(N)nc(-c3ccc(Cl)cc3F)cc2c1N. The first-order valence-corrected chi connectivity index (χ1v) is 6.76. The van der Waals surface area contributed by atoms with E-state index in [4.69, 9.17) is 23.1 Å². The van der Waals surface area contributed by atoms with Crippen LogP contribution in [0.4, 0.5) is 15.9 Å². The molecule has 1 aromatic heterocycles. The molecule has 0 saturated heterocycles. The molecule has 0 amide bonds. The van der Waals surface area contributed by atoms with Gasteiger partial charge in [0.2, 0.25) is 0 Å². The van der Waals surface area contributed by atoms with Crippen molar-refractivity contribution >= 4 is 33.9 Å². The fraction of sp³-hybridized carbons (Fsp3) is 0.0625.